The van der Waals surface area contributed by atoms with Crippen LogP contribution < -0.4 is 0 Å². The number of likely N-dealkylation sites (tertiary alicyclic amines) is 1. The first-order valence-corrected chi connectivity index (χ1v) is 15.8. The average Bonchev–Trinajstić information content (AvgIpc) is 2.96. The van der Waals surface area contributed by atoms with Crippen LogP contribution in [0.3, 0.4) is 0 Å². The van der Waals surface area contributed by atoms with Crippen LogP contribution in [0.2, 0.25) is 5.02 Å². The fourth-order valence-corrected chi connectivity index (χ4v) is 7.08. The van der Waals surface area contributed by atoms with Crippen LogP contribution >= 0.6 is 11.6 Å². The van der Waals surface area contributed by atoms with E-state index < -0.39 is 15.6 Å². The number of piperidine rings is 1. The van der Waals surface area contributed by atoms with Gasteiger partial charge < -0.3 is 14.5 Å². The molecule has 2 fully saturated rings. The smallest absolute Gasteiger partial charge is 0.410 e. The lowest BCUT2D eigenvalue weighted by Gasteiger charge is -2.34. The number of nitrogens with zero attached hydrogens (tertiary/aromatic N) is 3. The van der Waals surface area contributed by atoms with Crippen LogP contribution in [-0.2, 0) is 14.8 Å². The van der Waals surface area contributed by atoms with Crippen molar-refractivity contribution in [3.8, 4) is 0 Å². The number of amides is 2. The minimum atomic E-state index is -3.68. The quantitative estimate of drug-likeness (QED) is 0.382. The third-order valence-corrected chi connectivity index (χ3v) is 9.84. The molecule has 10 heteroatoms. The zero-order chi connectivity index (χ0) is 29.4. The highest BCUT2D eigenvalue weighted by Crippen LogP contribution is 2.30. The Balaban J connectivity index is 1.16. The van der Waals surface area contributed by atoms with Crippen LogP contribution in [0, 0.1) is 0 Å². The van der Waals surface area contributed by atoms with Gasteiger partial charge in [0.15, 0.2) is 0 Å². The first kappa shape index (κ1) is 29.4. The molecular weight excluding hydrogens is 562 g/mol. The molecule has 0 radical (unpaired) electrons. The Hall–Kier alpha value is -3.14. The van der Waals surface area contributed by atoms with Gasteiger partial charge in [-0.3, -0.25) is 4.79 Å². The first-order valence-electron chi connectivity index (χ1n) is 14.0. The molecule has 0 aliphatic carbocycles. The Kier molecular flexibility index (Phi) is 8.32. The third-order valence-electron chi connectivity index (χ3n) is 7.71. The number of rotatable bonds is 4. The molecule has 218 valence electrons. The van der Waals surface area contributed by atoms with Crippen LogP contribution in [-0.4, -0.2) is 79.4 Å². The zero-order valence-corrected chi connectivity index (χ0v) is 25.2. The number of sulfonamides is 1. The van der Waals surface area contributed by atoms with Gasteiger partial charge in [0.1, 0.15) is 5.60 Å². The van der Waals surface area contributed by atoms with E-state index in [1.807, 2.05) is 51.1 Å². The van der Waals surface area contributed by atoms with Gasteiger partial charge >= 0.3 is 6.09 Å². The van der Waals surface area contributed by atoms with Crippen molar-refractivity contribution in [3.63, 3.8) is 0 Å². The third kappa shape index (κ3) is 6.68. The van der Waals surface area contributed by atoms with Crippen molar-refractivity contribution < 1.29 is 22.7 Å². The Morgan fingerprint density at radius 3 is 2.05 bits per heavy atom. The monoisotopic (exact) mass is 597 g/mol. The maximum absolute atomic E-state index is 13.3. The highest BCUT2D eigenvalue weighted by atomic mass is 35.5. The van der Waals surface area contributed by atoms with E-state index in [1.54, 1.807) is 40.1 Å². The highest BCUT2D eigenvalue weighted by Gasteiger charge is 2.31. The fraction of sp³-hybridized carbons (Fsp3) is 0.419. The second kappa shape index (κ2) is 11.6. The molecule has 0 saturated carbocycles. The Morgan fingerprint density at radius 1 is 0.805 bits per heavy atom. The summed E-state index contributed by atoms with van der Waals surface area (Å²) in [6.45, 7) is 8.01. The number of halogens is 1. The second-order valence-electron chi connectivity index (χ2n) is 11.7. The van der Waals surface area contributed by atoms with Gasteiger partial charge in [0.05, 0.1) is 4.90 Å². The van der Waals surface area contributed by atoms with Crippen molar-refractivity contribution in [1.82, 2.24) is 14.1 Å². The minimum absolute atomic E-state index is 0.101. The lowest BCUT2D eigenvalue weighted by atomic mass is 9.89. The van der Waals surface area contributed by atoms with E-state index in [4.69, 9.17) is 16.3 Å². The van der Waals surface area contributed by atoms with E-state index in [0.717, 1.165) is 29.2 Å². The normalized spacial score (nSPS) is 17.6. The number of piperazine rings is 1. The van der Waals surface area contributed by atoms with Gasteiger partial charge in [-0.25, -0.2) is 13.2 Å². The van der Waals surface area contributed by atoms with Gasteiger partial charge in [0.2, 0.25) is 10.0 Å². The van der Waals surface area contributed by atoms with Crippen LogP contribution in [0.15, 0.2) is 65.6 Å². The number of carbonyl (C=O) groups is 2. The predicted octanol–water partition coefficient (Wildman–Crippen LogP) is 5.75. The molecule has 2 saturated heterocycles. The molecule has 0 spiro atoms. The molecule has 5 rings (SSSR count). The summed E-state index contributed by atoms with van der Waals surface area (Å²) in [6.07, 6.45) is 1.41. The summed E-state index contributed by atoms with van der Waals surface area (Å²) in [5.74, 6) is 0.217. The summed E-state index contributed by atoms with van der Waals surface area (Å²) in [5.41, 5.74) is 1.23. The maximum Gasteiger partial charge on any atom is 0.410 e. The van der Waals surface area contributed by atoms with E-state index in [-0.39, 0.29) is 30.0 Å². The summed E-state index contributed by atoms with van der Waals surface area (Å²) in [7, 11) is -3.68. The Labute approximate surface area is 246 Å². The number of fused-ring (bicyclic) bond motifs is 1. The Morgan fingerprint density at radius 2 is 1.41 bits per heavy atom. The number of benzene rings is 3. The van der Waals surface area contributed by atoms with Gasteiger partial charge in [-0.1, -0.05) is 35.9 Å². The standard InChI is InChI=1S/C31H36ClN3O5S/c1-31(2,3)40-30(37)34-14-12-23(13-15-34)22-4-6-24(7-5-22)29(36)33-16-18-35(19-17-33)41(38,39)28-11-9-25-20-27(32)10-8-26(25)21-28/h4-11,20-21,23H,12-19H2,1-3H3. The lowest BCUT2D eigenvalue weighted by molar-refractivity contribution is 0.0204. The molecule has 0 aromatic heterocycles. The minimum Gasteiger partial charge on any atom is -0.444 e. The number of hydrogen-bond acceptors (Lipinski definition) is 5. The van der Waals surface area contributed by atoms with Crippen molar-refractivity contribution >= 4 is 44.4 Å². The summed E-state index contributed by atoms with van der Waals surface area (Å²) in [5, 5.41) is 2.29. The highest BCUT2D eigenvalue weighted by molar-refractivity contribution is 7.89. The topological polar surface area (TPSA) is 87.2 Å². The Bertz CT molecular complexity index is 1540. The average molecular weight is 598 g/mol. The second-order valence-corrected chi connectivity index (χ2v) is 14.1. The number of hydrogen-bond donors (Lipinski definition) is 0. The van der Waals surface area contributed by atoms with E-state index >= 15 is 0 Å². The molecule has 3 aromatic carbocycles. The fourth-order valence-electron chi connectivity index (χ4n) is 5.44. The molecule has 2 heterocycles. The van der Waals surface area contributed by atoms with E-state index in [1.165, 1.54) is 4.31 Å². The molecule has 41 heavy (non-hydrogen) atoms. The van der Waals surface area contributed by atoms with Gasteiger partial charge in [-0.05, 0) is 92.3 Å². The van der Waals surface area contributed by atoms with Gasteiger partial charge in [0.25, 0.3) is 5.91 Å². The first-order chi connectivity index (χ1) is 19.4. The number of carbonyl (C=O) groups excluding carboxylic acids is 2. The maximum atomic E-state index is 13.3. The largest absolute Gasteiger partial charge is 0.444 e. The molecule has 0 atom stereocenters. The molecule has 0 unspecified atom stereocenters. The van der Waals surface area contributed by atoms with Crippen LogP contribution in [0.4, 0.5) is 4.79 Å². The number of ether oxygens (including phenoxy) is 1. The zero-order valence-electron chi connectivity index (χ0n) is 23.7. The molecule has 2 aliphatic rings. The molecule has 0 N–H and O–H groups in total. The molecule has 8 nitrogen and oxygen atoms in total. The van der Waals surface area contributed by atoms with Crippen molar-refractivity contribution in [2.24, 2.45) is 0 Å². The van der Waals surface area contributed by atoms with Gasteiger partial charge in [-0.15, -0.1) is 0 Å². The van der Waals surface area contributed by atoms with E-state index in [0.29, 0.717) is 42.7 Å². The molecule has 2 amide bonds. The molecular formula is C31H36ClN3O5S. The van der Waals surface area contributed by atoms with Crippen molar-refractivity contribution in [2.75, 3.05) is 39.3 Å². The van der Waals surface area contributed by atoms with E-state index in [2.05, 4.69) is 0 Å². The summed E-state index contributed by atoms with van der Waals surface area (Å²) in [4.78, 5) is 29.3. The molecule has 0 bridgehead atoms. The molecule has 3 aromatic rings. The van der Waals surface area contributed by atoms with Crippen LogP contribution in [0.1, 0.15) is 55.5 Å². The predicted molar refractivity (Wildman–Crippen MR) is 160 cm³/mol. The summed E-state index contributed by atoms with van der Waals surface area (Å²) >= 11 is 6.05. The SMILES string of the molecule is CC(C)(C)OC(=O)N1CCC(c2ccc(C(=O)N3CCN(S(=O)(=O)c4ccc5cc(Cl)ccc5c4)CC3)cc2)CC1. The van der Waals surface area contributed by atoms with Crippen molar-refractivity contribution in [2.45, 2.75) is 50.0 Å². The van der Waals surface area contributed by atoms with Gasteiger partial charge in [-0.2, -0.15) is 4.31 Å². The lowest BCUT2D eigenvalue weighted by Crippen LogP contribution is -2.50. The molecule has 2 aliphatic heterocycles. The van der Waals surface area contributed by atoms with Gasteiger partial charge in [0, 0.05) is 49.9 Å². The van der Waals surface area contributed by atoms with Crippen LogP contribution in [0.5, 0.6) is 0 Å². The summed E-state index contributed by atoms with van der Waals surface area (Å²) in [6, 6.07) is 18.1. The van der Waals surface area contributed by atoms with Crippen molar-refractivity contribution in [1.29, 1.82) is 0 Å². The summed E-state index contributed by atoms with van der Waals surface area (Å²) < 4.78 is 33.6. The van der Waals surface area contributed by atoms with Crippen LogP contribution in [0.25, 0.3) is 10.8 Å². The van der Waals surface area contributed by atoms with Crippen molar-refractivity contribution in [3.05, 3.63) is 76.8 Å². The van der Waals surface area contributed by atoms with E-state index in [9.17, 15) is 18.0 Å².